The molecule has 0 spiro atoms. The molecule has 4 rings (SSSR count). The highest BCUT2D eigenvalue weighted by Gasteiger charge is 2.33. The summed E-state index contributed by atoms with van der Waals surface area (Å²) in [6.07, 6.45) is 1.47. The van der Waals surface area contributed by atoms with Gasteiger partial charge >= 0.3 is 0 Å². The molecule has 2 amide bonds. The molecule has 2 fully saturated rings. The van der Waals surface area contributed by atoms with Crippen LogP contribution in [0.4, 0.5) is 0 Å². The van der Waals surface area contributed by atoms with Crippen molar-refractivity contribution in [1.82, 2.24) is 9.80 Å². The normalized spacial score (nSPS) is 21.9. The molecule has 0 saturated carbocycles. The largest absolute Gasteiger partial charge is 0.396 e. The van der Waals surface area contributed by atoms with Gasteiger partial charge in [0.1, 0.15) is 0 Å². The van der Waals surface area contributed by atoms with E-state index in [1.807, 2.05) is 84.3 Å². The number of benzene rings is 2. The van der Waals surface area contributed by atoms with E-state index in [0.717, 1.165) is 11.1 Å². The summed E-state index contributed by atoms with van der Waals surface area (Å²) >= 11 is 0. The molecule has 0 aliphatic carbocycles. The maximum Gasteiger partial charge on any atom is 0.223 e. The minimum atomic E-state index is 0.101. The molecule has 2 aliphatic heterocycles. The lowest BCUT2D eigenvalue weighted by Gasteiger charge is -2.25. The highest BCUT2D eigenvalue weighted by molar-refractivity contribution is 5.79. The van der Waals surface area contributed by atoms with Gasteiger partial charge in [-0.3, -0.25) is 9.59 Å². The predicted octanol–water partition coefficient (Wildman–Crippen LogP) is 4.10. The quantitative estimate of drug-likeness (QED) is 0.723. The molecular formula is C27H33N3O3. The third-order valence-electron chi connectivity index (χ3n) is 6.61. The molecule has 0 bridgehead atoms. The van der Waals surface area contributed by atoms with E-state index in [1.165, 1.54) is 0 Å². The van der Waals surface area contributed by atoms with Crippen molar-refractivity contribution < 1.29 is 14.7 Å². The van der Waals surface area contributed by atoms with Crippen LogP contribution in [0.5, 0.6) is 0 Å². The van der Waals surface area contributed by atoms with E-state index >= 15 is 0 Å². The van der Waals surface area contributed by atoms with Gasteiger partial charge in [0.15, 0.2) is 0 Å². The van der Waals surface area contributed by atoms with Crippen molar-refractivity contribution in [3.8, 4) is 6.07 Å². The first kappa shape index (κ1) is 24.5. The number of carbonyl (C=O) groups excluding carboxylic acids is 2. The van der Waals surface area contributed by atoms with Gasteiger partial charge in [0.05, 0.1) is 18.2 Å². The molecule has 2 heterocycles. The number of nitrogens with zero attached hydrogens (tertiary/aromatic N) is 3. The van der Waals surface area contributed by atoms with Crippen LogP contribution in [0.3, 0.4) is 0 Å². The van der Waals surface area contributed by atoms with Crippen molar-refractivity contribution in [3.05, 3.63) is 71.8 Å². The van der Waals surface area contributed by atoms with E-state index in [2.05, 4.69) is 6.07 Å². The van der Waals surface area contributed by atoms with Gasteiger partial charge in [0.2, 0.25) is 11.8 Å². The number of aliphatic hydroxyl groups is 1. The standard InChI is InChI=1S/C14H16N2O.C13H17NO2/c1-11(13-5-3-2-4-6-13)16-10-12(7-8-15)9-14(16)17;1-10(12-5-3-2-4-6-12)14-8-11(9-15)7-13(14)16/h2-6,11-12H,7,9-10H2,1H3;2-6,10-11,15H,7-9H2,1H3/t11-,12-;10-,11-/m00/s1. The van der Waals surface area contributed by atoms with Crippen LogP contribution in [0.25, 0.3) is 0 Å². The van der Waals surface area contributed by atoms with E-state index in [1.54, 1.807) is 0 Å². The number of rotatable bonds is 6. The maximum absolute atomic E-state index is 11.9. The Balaban J connectivity index is 0.000000186. The van der Waals surface area contributed by atoms with Crippen molar-refractivity contribution in [2.45, 2.75) is 45.2 Å². The maximum atomic E-state index is 11.9. The summed E-state index contributed by atoms with van der Waals surface area (Å²) in [6, 6.07) is 22.4. The Hall–Kier alpha value is -3.17. The van der Waals surface area contributed by atoms with Crippen molar-refractivity contribution in [2.75, 3.05) is 19.7 Å². The van der Waals surface area contributed by atoms with Crippen LogP contribution in [0.2, 0.25) is 0 Å². The Bertz CT molecular complexity index is 958. The fraction of sp³-hybridized carbons (Fsp3) is 0.444. The zero-order valence-corrected chi connectivity index (χ0v) is 19.4. The average Bonchev–Trinajstić information content (AvgIpc) is 3.41. The number of hydrogen-bond donors (Lipinski definition) is 1. The van der Waals surface area contributed by atoms with E-state index in [9.17, 15) is 9.59 Å². The zero-order valence-electron chi connectivity index (χ0n) is 19.4. The number of aliphatic hydroxyl groups excluding tert-OH is 1. The van der Waals surface area contributed by atoms with Crippen LogP contribution < -0.4 is 0 Å². The number of likely N-dealkylation sites (tertiary alicyclic amines) is 2. The lowest BCUT2D eigenvalue weighted by Crippen LogP contribution is -2.28. The summed E-state index contributed by atoms with van der Waals surface area (Å²) in [5, 5.41) is 17.8. The molecule has 0 aromatic heterocycles. The lowest BCUT2D eigenvalue weighted by atomic mass is 10.1. The molecule has 174 valence electrons. The van der Waals surface area contributed by atoms with Gasteiger partial charge in [0.25, 0.3) is 0 Å². The number of carbonyl (C=O) groups is 2. The summed E-state index contributed by atoms with van der Waals surface area (Å²) in [4.78, 5) is 27.4. The van der Waals surface area contributed by atoms with E-state index in [4.69, 9.17) is 10.4 Å². The van der Waals surface area contributed by atoms with E-state index in [-0.39, 0.29) is 42.3 Å². The zero-order chi connectivity index (χ0) is 23.8. The fourth-order valence-electron chi connectivity index (χ4n) is 4.58. The Morgan fingerprint density at radius 3 is 1.67 bits per heavy atom. The molecule has 2 aromatic rings. The summed E-state index contributed by atoms with van der Waals surface area (Å²) < 4.78 is 0. The van der Waals surface area contributed by atoms with Gasteiger partial charge < -0.3 is 14.9 Å². The molecule has 2 aromatic carbocycles. The Labute approximate surface area is 196 Å². The van der Waals surface area contributed by atoms with E-state index in [0.29, 0.717) is 32.4 Å². The second-order valence-corrected chi connectivity index (χ2v) is 8.95. The van der Waals surface area contributed by atoms with Crippen LogP contribution in [-0.2, 0) is 9.59 Å². The Kier molecular flexibility index (Phi) is 8.62. The smallest absolute Gasteiger partial charge is 0.223 e. The van der Waals surface area contributed by atoms with Crippen molar-refractivity contribution >= 4 is 11.8 Å². The molecule has 2 saturated heterocycles. The Morgan fingerprint density at radius 2 is 1.27 bits per heavy atom. The van der Waals surface area contributed by atoms with E-state index < -0.39 is 0 Å². The van der Waals surface area contributed by atoms with Crippen LogP contribution >= 0.6 is 0 Å². The highest BCUT2D eigenvalue weighted by atomic mass is 16.3. The summed E-state index contributed by atoms with van der Waals surface area (Å²) in [5.74, 6) is 0.634. The van der Waals surface area contributed by atoms with Gasteiger partial charge in [-0.25, -0.2) is 0 Å². The van der Waals surface area contributed by atoms with Crippen LogP contribution in [-0.4, -0.2) is 46.4 Å². The van der Waals surface area contributed by atoms with Crippen molar-refractivity contribution in [2.24, 2.45) is 11.8 Å². The van der Waals surface area contributed by atoms with Crippen LogP contribution in [0, 0.1) is 23.2 Å². The first-order chi connectivity index (χ1) is 15.9. The predicted molar refractivity (Wildman–Crippen MR) is 127 cm³/mol. The van der Waals surface area contributed by atoms with Crippen LogP contribution in [0.15, 0.2) is 60.7 Å². The van der Waals surface area contributed by atoms with Gasteiger partial charge in [0, 0.05) is 44.9 Å². The fourth-order valence-corrected chi connectivity index (χ4v) is 4.58. The summed E-state index contributed by atoms with van der Waals surface area (Å²) in [6.45, 7) is 5.56. The number of amides is 2. The molecule has 33 heavy (non-hydrogen) atoms. The van der Waals surface area contributed by atoms with Gasteiger partial charge in [-0.2, -0.15) is 5.26 Å². The second-order valence-electron chi connectivity index (χ2n) is 8.95. The average molecular weight is 448 g/mol. The third kappa shape index (κ3) is 6.21. The SMILES string of the molecule is C[C@@H](c1ccccc1)N1C[C@@H](CC#N)CC1=O.C[C@@H](c1ccccc1)N1C[C@@H](CO)CC1=O. The highest BCUT2D eigenvalue weighted by Crippen LogP contribution is 2.30. The topological polar surface area (TPSA) is 84.6 Å². The minimum absolute atomic E-state index is 0.101. The molecule has 6 heteroatoms. The van der Waals surface area contributed by atoms with Crippen molar-refractivity contribution in [3.63, 3.8) is 0 Å². The summed E-state index contributed by atoms with van der Waals surface area (Å²) in [7, 11) is 0. The van der Waals surface area contributed by atoms with Crippen LogP contribution in [0.1, 0.15) is 56.3 Å². The monoisotopic (exact) mass is 447 g/mol. The summed E-state index contributed by atoms with van der Waals surface area (Å²) in [5.41, 5.74) is 2.30. The first-order valence-electron chi connectivity index (χ1n) is 11.6. The van der Waals surface area contributed by atoms with Gasteiger partial charge in [-0.1, -0.05) is 60.7 Å². The van der Waals surface area contributed by atoms with Gasteiger partial charge in [-0.05, 0) is 30.9 Å². The molecule has 0 radical (unpaired) electrons. The molecule has 6 nitrogen and oxygen atoms in total. The molecule has 0 unspecified atom stereocenters. The number of hydrogen-bond acceptors (Lipinski definition) is 4. The Morgan fingerprint density at radius 1 is 0.848 bits per heavy atom. The molecule has 2 aliphatic rings. The third-order valence-corrected chi connectivity index (χ3v) is 6.61. The van der Waals surface area contributed by atoms with Crippen molar-refractivity contribution in [1.29, 1.82) is 5.26 Å². The minimum Gasteiger partial charge on any atom is -0.396 e. The van der Waals surface area contributed by atoms with Gasteiger partial charge in [-0.15, -0.1) is 0 Å². The first-order valence-corrected chi connectivity index (χ1v) is 11.6. The molecule has 4 atom stereocenters. The molecular weight excluding hydrogens is 414 g/mol. The number of nitriles is 1. The molecule has 1 N–H and O–H groups in total. The second kappa shape index (κ2) is 11.6. The lowest BCUT2D eigenvalue weighted by molar-refractivity contribution is -0.130.